The standard InChI is InChI=1S/C15H21N3OS/c1-18-12-17-10-14(18)11-20-15-5-3-13(4-6-15)9-16-7-8-19-2/h3-6,10,12,16H,7-9,11H2,1-2H3. The van der Waals surface area contributed by atoms with Gasteiger partial charge in [-0.1, -0.05) is 12.1 Å². The predicted octanol–water partition coefficient (Wildman–Crippen LogP) is 2.45. The third-order valence-corrected chi connectivity index (χ3v) is 4.08. The number of thioether (sulfide) groups is 1. The molecular formula is C15H21N3OS. The zero-order chi connectivity index (χ0) is 14.2. The molecule has 0 aliphatic heterocycles. The van der Waals surface area contributed by atoms with Crippen molar-refractivity contribution in [1.82, 2.24) is 14.9 Å². The van der Waals surface area contributed by atoms with Crippen LogP contribution in [0.4, 0.5) is 0 Å². The van der Waals surface area contributed by atoms with Gasteiger partial charge in [-0.2, -0.15) is 0 Å². The Morgan fingerprint density at radius 3 is 2.75 bits per heavy atom. The Balaban J connectivity index is 1.78. The zero-order valence-electron chi connectivity index (χ0n) is 12.0. The molecule has 1 heterocycles. The molecule has 0 unspecified atom stereocenters. The average molecular weight is 291 g/mol. The maximum atomic E-state index is 5.00. The fourth-order valence-electron chi connectivity index (χ4n) is 1.79. The van der Waals surface area contributed by atoms with Gasteiger partial charge in [-0.25, -0.2) is 4.98 Å². The molecule has 0 saturated carbocycles. The van der Waals surface area contributed by atoms with Gasteiger partial charge in [0.25, 0.3) is 0 Å². The molecule has 1 aromatic carbocycles. The Kier molecular flexibility index (Phi) is 6.11. The molecular weight excluding hydrogens is 270 g/mol. The summed E-state index contributed by atoms with van der Waals surface area (Å²) < 4.78 is 7.06. The monoisotopic (exact) mass is 291 g/mol. The number of nitrogens with zero attached hydrogens (tertiary/aromatic N) is 2. The van der Waals surface area contributed by atoms with Gasteiger partial charge in [0.1, 0.15) is 0 Å². The molecule has 2 rings (SSSR count). The van der Waals surface area contributed by atoms with Crippen LogP contribution in [0.5, 0.6) is 0 Å². The second-order valence-electron chi connectivity index (χ2n) is 4.60. The van der Waals surface area contributed by atoms with Crippen molar-refractivity contribution in [3.8, 4) is 0 Å². The fourth-order valence-corrected chi connectivity index (χ4v) is 2.71. The highest BCUT2D eigenvalue weighted by atomic mass is 32.2. The highest BCUT2D eigenvalue weighted by Crippen LogP contribution is 2.22. The molecule has 108 valence electrons. The Hall–Kier alpha value is -1.30. The number of aryl methyl sites for hydroxylation is 1. The Bertz CT molecular complexity index is 510. The van der Waals surface area contributed by atoms with Gasteiger partial charge in [-0.3, -0.25) is 0 Å². The highest BCUT2D eigenvalue weighted by Gasteiger charge is 2.00. The van der Waals surface area contributed by atoms with Crippen molar-refractivity contribution < 1.29 is 4.74 Å². The number of hydrogen-bond acceptors (Lipinski definition) is 4. The molecule has 4 nitrogen and oxygen atoms in total. The van der Waals surface area contributed by atoms with Crippen LogP contribution in [0.3, 0.4) is 0 Å². The number of hydrogen-bond donors (Lipinski definition) is 1. The van der Waals surface area contributed by atoms with Gasteiger partial charge in [0.15, 0.2) is 0 Å². The van der Waals surface area contributed by atoms with Crippen molar-refractivity contribution in [1.29, 1.82) is 0 Å². The summed E-state index contributed by atoms with van der Waals surface area (Å²) in [5.74, 6) is 0.946. The second-order valence-corrected chi connectivity index (χ2v) is 5.65. The molecule has 0 aliphatic carbocycles. The summed E-state index contributed by atoms with van der Waals surface area (Å²) in [7, 11) is 3.74. The zero-order valence-corrected chi connectivity index (χ0v) is 12.8. The minimum atomic E-state index is 0.749. The topological polar surface area (TPSA) is 39.1 Å². The third kappa shape index (κ3) is 4.67. The second kappa shape index (κ2) is 8.09. The molecule has 2 aromatic rings. The summed E-state index contributed by atoms with van der Waals surface area (Å²) in [6, 6.07) is 8.69. The summed E-state index contributed by atoms with van der Waals surface area (Å²) in [6.45, 7) is 2.52. The Labute approximate surface area is 124 Å². The lowest BCUT2D eigenvalue weighted by molar-refractivity contribution is 0.199. The first-order valence-corrected chi connectivity index (χ1v) is 7.64. The van der Waals surface area contributed by atoms with Crippen molar-refractivity contribution in [2.75, 3.05) is 20.3 Å². The van der Waals surface area contributed by atoms with E-state index in [1.165, 1.54) is 16.2 Å². The first kappa shape index (κ1) is 15.1. The van der Waals surface area contributed by atoms with Crippen LogP contribution in [-0.4, -0.2) is 29.8 Å². The maximum Gasteiger partial charge on any atom is 0.0945 e. The van der Waals surface area contributed by atoms with Gasteiger partial charge in [-0.15, -0.1) is 11.8 Å². The van der Waals surface area contributed by atoms with E-state index in [1.807, 2.05) is 31.3 Å². The first-order valence-electron chi connectivity index (χ1n) is 6.66. The van der Waals surface area contributed by atoms with Gasteiger partial charge in [0, 0.05) is 49.8 Å². The average Bonchev–Trinajstić information content (AvgIpc) is 2.88. The van der Waals surface area contributed by atoms with E-state index in [0.29, 0.717) is 0 Å². The number of aromatic nitrogens is 2. The first-order chi connectivity index (χ1) is 9.79. The normalized spacial score (nSPS) is 10.9. The Morgan fingerprint density at radius 1 is 1.30 bits per heavy atom. The van der Waals surface area contributed by atoms with E-state index in [9.17, 15) is 0 Å². The fraction of sp³-hybridized carbons (Fsp3) is 0.400. The number of nitrogens with one attached hydrogen (secondary N) is 1. The third-order valence-electron chi connectivity index (χ3n) is 3.04. The van der Waals surface area contributed by atoms with Crippen LogP contribution >= 0.6 is 11.8 Å². The lowest BCUT2D eigenvalue weighted by Gasteiger charge is -2.06. The van der Waals surface area contributed by atoms with E-state index >= 15 is 0 Å². The van der Waals surface area contributed by atoms with Crippen molar-refractivity contribution in [3.05, 3.63) is 48.0 Å². The summed E-state index contributed by atoms with van der Waals surface area (Å²) in [6.07, 6.45) is 3.76. The van der Waals surface area contributed by atoms with Crippen molar-refractivity contribution >= 4 is 11.8 Å². The minimum Gasteiger partial charge on any atom is -0.383 e. The number of benzene rings is 1. The summed E-state index contributed by atoms with van der Waals surface area (Å²) in [5.41, 5.74) is 2.53. The van der Waals surface area contributed by atoms with Crippen molar-refractivity contribution in [2.24, 2.45) is 7.05 Å². The van der Waals surface area contributed by atoms with Crippen LogP contribution in [0.15, 0.2) is 41.7 Å². The van der Waals surface area contributed by atoms with Crippen LogP contribution in [0.1, 0.15) is 11.3 Å². The number of imidazole rings is 1. The Morgan fingerprint density at radius 2 is 2.10 bits per heavy atom. The molecule has 20 heavy (non-hydrogen) atoms. The van der Waals surface area contributed by atoms with E-state index in [2.05, 4.69) is 39.1 Å². The molecule has 0 fully saturated rings. The van der Waals surface area contributed by atoms with E-state index < -0.39 is 0 Å². The van der Waals surface area contributed by atoms with Crippen LogP contribution in [0, 0.1) is 0 Å². The summed E-state index contributed by atoms with van der Waals surface area (Å²) in [5, 5.41) is 3.34. The molecule has 0 aliphatic rings. The van der Waals surface area contributed by atoms with Gasteiger partial charge in [-0.05, 0) is 17.7 Å². The largest absolute Gasteiger partial charge is 0.383 e. The number of ether oxygens (including phenoxy) is 1. The van der Waals surface area contributed by atoms with Crippen LogP contribution in [0.2, 0.25) is 0 Å². The molecule has 5 heteroatoms. The smallest absolute Gasteiger partial charge is 0.0945 e. The number of rotatable bonds is 8. The minimum absolute atomic E-state index is 0.749. The molecule has 0 spiro atoms. The SMILES string of the molecule is COCCNCc1ccc(SCc2cncn2C)cc1. The van der Waals surface area contributed by atoms with Gasteiger partial charge >= 0.3 is 0 Å². The highest BCUT2D eigenvalue weighted by molar-refractivity contribution is 7.98. The molecule has 0 amide bonds. The van der Waals surface area contributed by atoms with E-state index in [4.69, 9.17) is 4.74 Å². The van der Waals surface area contributed by atoms with Crippen LogP contribution < -0.4 is 5.32 Å². The lowest BCUT2D eigenvalue weighted by atomic mass is 10.2. The van der Waals surface area contributed by atoms with Gasteiger partial charge in [0.2, 0.25) is 0 Å². The van der Waals surface area contributed by atoms with Crippen LogP contribution in [0.25, 0.3) is 0 Å². The maximum absolute atomic E-state index is 5.00. The molecule has 0 radical (unpaired) electrons. The molecule has 1 N–H and O–H groups in total. The summed E-state index contributed by atoms with van der Waals surface area (Å²) >= 11 is 1.83. The predicted molar refractivity (Wildman–Crippen MR) is 82.8 cm³/mol. The van der Waals surface area contributed by atoms with E-state index in [0.717, 1.165) is 25.4 Å². The van der Waals surface area contributed by atoms with Gasteiger partial charge in [0.05, 0.1) is 12.9 Å². The quantitative estimate of drug-likeness (QED) is 0.599. The van der Waals surface area contributed by atoms with Crippen molar-refractivity contribution in [3.63, 3.8) is 0 Å². The molecule has 0 saturated heterocycles. The molecule has 0 atom stereocenters. The lowest BCUT2D eigenvalue weighted by Crippen LogP contribution is -2.18. The van der Waals surface area contributed by atoms with Crippen LogP contribution in [-0.2, 0) is 24.1 Å². The number of methoxy groups -OCH3 is 1. The van der Waals surface area contributed by atoms with Crippen molar-refractivity contribution in [2.45, 2.75) is 17.2 Å². The van der Waals surface area contributed by atoms with Gasteiger partial charge < -0.3 is 14.6 Å². The molecule has 0 bridgehead atoms. The van der Waals surface area contributed by atoms with E-state index in [-0.39, 0.29) is 0 Å². The van der Waals surface area contributed by atoms with E-state index in [1.54, 1.807) is 7.11 Å². The molecule has 1 aromatic heterocycles. The summed E-state index contributed by atoms with van der Waals surface area (Å²) in [4.78, 5) is 5.41.